The quantitative estimate of drug-likeness (QED) is 0.256. The molecular formula is C28H25N7O3S. The van der Waals surface area contributed by atoms with Crippen LogP contribution in [0.15, 0.2) is 78.6 Å². The minimum absolute atomic E-state index is 0.313. The van der Waals surface area contributed by atoms with E-state index >= 15 is 0 Å². The Labute approximate surface area is 228 Å². The summed E-state index contributed by atoms with van der Waals surface area (Å²) in [4.78, 5) is 34.2. The number of nitrogen functional groups attached to an aromatic ring is 1. The van der Waals surface area contributed by atoms with E-state index in [1.807, 2.05) is 36.4 Å². The first kappa shape index (κ1) is 25.6. The fourth-order valence-corrected chi connectivity index (χ4v) is 4.71. The van der Waals surface area contributed by atoms with Gasteiger partial charge in [-0.15, -0.1) is 11.3 Å². The van der Waals surface area contributed by atoms with Crippen molar-refractivity contribution in [2.75, 3.05) is 23.5 Å². The number of rotatable bonds is 8. The molecule has 0 saturated heterocycles. The van der Waals surface area contributed by atoms with E-state index in [9.17, 15) is 9.59 Å². The summed E-state index contributed by atoms with van der Waals surface area (Å²) in [6.07, 6.45) is 4.88. The number of aryl methyl sites for hydroxylation is 1. The molecule has 0 atom stereocenters. The van der Waals surface area contributed by atoms with Gasteiger partial charge in [0.1, 0.15) is 28.0 Å². The second kappa shape index (κ2) is 11.2. The molecule has 0 bridgehead atoms. The maximum Gasteiger partial charge on any atom is 0.275 e. The molecule has 0 radical (unpaired) electrons. The highest BCUT2D eigenvalue weighted by Gasteiger charge is 2.16. The van der Waals surface area contributed by atoms with Gasteiger partial charge in [0, 0.05) is 34.6 Å². The molecule has 2 aromatic carbocycles. The molecule has 11 heteroatoms. The minimum atomic E-state index is -0.333. The van der Waals surface area contributed by atoms with E-state index in [1.54, 1.807) is 54.7 Å². The van der Waals surface area contributed by atoms with Crippen LogP contribution >= 0.6 is 11.3 Å². The normalized spacial score (nSPS) is 10.7. The number of hydrogen-bond acceptors (Lipinski definition) is 8. The average molecular weight is 540 g/mol. The van der Waals surface area contributed by atoms with Crippen molar-refractivity contribution in [3.8, 4) is 16.3 Å². The topological polar surface area (TPSA) is 137 Å². The van der Waals surface area contributed by atoms with Gasteiger partial charge < -0.3 is 21.1 Å². The van der Waals surface area contributed by atoms with E-state index in [4.69, 9.17) is 10.5 Å². The first-order chi connectivity index (χ1) is 18.9. The molecule has 10 nitrogen and oxygen atoms in total. The van der Waals surface area contributed by atoms with Crippen LogP contribution in [0.4, 0.5) is 17.2 Å². The van der Waals surface area contributed by atoms with Crippen molar-refractivity contribution < 1.29 is 14.3 Å². The molecule has 0 saturated carbocycles. The fourth-order valence-electron chi connectivity index (χ4n) is 3.91. The van der Waals surface area contributed by atoms with Gasteiger partial charge in [0.25, 0.3) is 11.8 Å². The first-order valence-electron chi connectivity index (χ1n) is 11.9. The van der Waals surface area contributed by atoms with E-state index in [1.165, 1.54) is 17.5 Å². The highest BCUT2D eigenvalue weighted by Crippen LogP contribution is 2.25. The second-order valence-electron chi connectivity index (χ2n) is 8.66. The zero-order valence-electron chi connectivity index (χ0n) is 21.2. The highest BCUT2D eigenvalue weighted by atomic mass is 32.1. The number of amides is 2. The zero-order valence-corrected chi connectivity index (χ0v) is 22.0. The monoisotopic (exact) mass is 539 g/mol. The molecule has 5 aromatic rings. The molecule has 0 fully saturated rings. The number of thiazole rings is 1. The number of aromatic nitrogens is 4. The van der Waals surface area contributed by atoms with Crippen LogP contribution in [0.2, 0.25) is 0 Å². The zero-order chi connectivity index (χ0) is 27.4. The van der Waals surface area contributed by atoms with Crippen molar-refractivity contribution in [1.82, 2.24) is 19.7 Å². The molecule has 0 spiro atoms. The molecule has 196 valence electrons. The first-order valence-corrected chi connectivity index (χ1v) is 12.8. The van der Waals surface area contributed by atoms with Crippen LogP contribution in [-0.2, 0) is 6.54 Å². The van der Waals surface area contributed by atoms with Gasteiger partial charge >= 0.3 is 0 Å². The summed E-state index contributed by atoms with van der Waals surface area (Å²) in [5.41, 5.74) is 10.6. The number of pyridine rings is 1. The molecular weight excluding hydrogens is 514 g/mol. The Morgan fingerprint density at radius 2 is 1.79 bits per heavy atom. The van der Waals surface area contributed by atoms with Gasteiger partial charge in [-0.2, -0.15) is 5.10 Å². The third kappa shape index (κ3) is 5.78. The van der Waals surface area contributed by atoms with Gasteiger partial charge in [-0.3, -0.25) is 14.6 Å². The van der Waals surface area contributed by atoms with Crippen LogP contribution in [0.1, 0.15) is 32.0 Å². The third-order valence-corrected chi connectivity index (χ3v) is 6.90. The Morgan fingerprint density at radius 3 is 2.51 bits per heavy atom. The van der Waals surface area contributed by atoms with Crippen molar-refractivity contribution in [2.24, 2.45) is 0 Å². The van der Waals surface area contributed by atoms with Gasteiger partial charge in [-0.25, -0.2) is 9.67 Å². The summed E-state index contributed by atoms with van der Waals surface area (Å²) in [5.74, 6) is 0.442. The summed E-state index contributed by atoms with van der Waals surface area (Å²) < 4.78 is 6.80. The smallest absolute Gasteiger partial charge is 0.275 e. The number of carbonyl (C=O) groups excluding carboxylic acids is 2. The summed E-state index contributed by atoms with van der Waals surface area (Å²) in [6.45, 7) is 2.24. The SMILES string of the molecule is COc1ccc(Cn2ncc(NC(=O)c3ccc(NC(=O)c4csc(-c5ccncc5)n4)cc3C)c2N)cc1. The Bertz CT molecular complexity index is 1630. The largest absolute Gasteiger partial charge is 0.497 e. The van der Waals surface area contributed by atoms with E-state index in [0.717, 1.165) is 21.9 Å². The lowest BCUT2D eigenvalue weighted by atomic mass is 10.1. The van der Waals surface area contributed by atoms with Crippen LogP contribution in [0.3, 0.4) is 0 Å². The van der Waals surface area contributed by atoms with E-state index < -0.39 is 0 Å². The van der Waals surface area contributed by atoms with Crippen molar-refractivity contribution in [3.63, 3.8) is 0 Å². The summed E-state index contributed by atoms with van der Waals surface area (Å²) in [6, 6.07) is 16.3. The van der Waals surface area contributed by atoms with Gasteiger partial charge in [0.15, 0.2) is 0 Å². The second-order valence-corrected chi connectivity index (χ2v) is 9.52. The molecule has 0 aliphatic heterocycles. The van der Waals surface area contributed by atoms with Gasteiger partial charge in [0.05, 0.1) is 19.9 Å². The van der Waals surface area contributed by atoms with Crippen LogP contribution in [0.5, 0.6) is 5.75 Å². The van der Waals surface area contributed by atoms with Crippen molar-refractivity contribution >= 4 is 40.3 Å². The molecule has 3 heterocycles. The Balaban J connectivity index is 1.23. The van der Waals surface area contributed by atoms with Crippen LogP contribution in [0, 0.1) is 6.92 Å². The molecule has 39 heavy (non-hydrogen) atoms. The van der Waals surface area contributed by atoms with Crippen molar-refractivity contribution in [2.45, 2.75) is 13.5 Å². The van der Waals surface area contributed by atoms with Crippen LogP contribution in [0.25, 0.3) is 10.6 Å². The van der Waals surface area contributed by atoms with Gasteiger partial charge in [-0.1, -0.05) is 12.1 Å². The number of benzene rings is 2. The van der Waals surface area contributed by atoms with E-state index in [-0.39, 0.29) is 11.8 Å². The lowest BCUT2D eigenvalue weighted by molar-refractivity contribution is 0.101. The highest BCUT2D eigenvalue weighted by molar-refractivity contribution is 7.13. The number of ether oxygens (including phenoxy) is 1. The number of methoxy groups -OCH3 is 1. The number of nitrogens with one attached hydrogen (secondary N) is 2. The van der Waals surface area contributed by atoms with Gasteiger partial charge in [-0.05, 0) is 60.5 Å². The van der Waals surface area contributed by atoms with E-state index in [0.29, 0.717) is 40.6 Å². The van der Waals surface area contributed by atoms with E-state index in [2.05, 4.69) is 25.7 Å². The Morgan fingerprint density at radius 1 is 1.03 bits per heavy atom. The molecule has 3 aromatic heterocycles. The van der Waals surface area contributed by atoms with Crippen molar-refractivity contribution in [3.05, 3.63) is 101 Å². The third-order valence-electron chi connectivity index (χ3n) is 6.01. The molecule has 0 aliphatic carbocycles. The maximum absolute atomic E-state index is 13.0. The number of carbonyl (C=O) groups is 2. The number of anilines is 3. The molecule has 2 amide bonds. The summed E-state index contributed by atoms with van der Waals surface area (Å²) >= 11 is 1.38. The maximum atomic E-state index is 13.0. The summed E-state index contributed by atoms with van der Waals surface area (Å²) in [7, 11) is 1.61. The van der Waals surface area contributed by atoms with Crippen LogP contribution in [-0.4, -0.2) is 38.7 Å². The predicted octanol–water partition coefficient (Wildman–Crippen LogP) is 4.85. The lowest BCUT2D eigenvalue weighted by Crippen LogP contribution is -2.16. The number of nitrogens with zero attached hydrogens (tertiary/aromatic N) is 4. The fraction of sp³-hybridized carbons (Fsp3) is 0.107. The minimum Gasteiger partial charge on any atom is -0.497 e. The van der Waals surface area contributed by atoms with Gasteiger partial charge in [0.2, 0.25) is 0 Å². The van der Waals surface area contributed by atoms with Crippen LogP contribution < -0.4 is 21.1 Å². The predicted molar refractivity (Wildman–Crippen MR) is 151 cm³/mol. The molecule has 4 N–H and O–H groups in total. The summed E-state index contributed by atoms with van der Waals surface area (Å²) in [5, 5.41) is 12.4. The Hall–Kier alpha value is -5.03. The Kier molecular flexibility index (Phi) is 7.32. The number of hydrogen-bond donors (Lipinski definition) is 3. The standard InChI is InChI=1S/C28H25N7O3S/c1-17-13-20(32-27(37)24-16-39-28(34-24)19-9-11-30-12-10-19)5-8-22(17)26(36)33-23-14-31-35(25(23)29)15-18-3-6-21(38-2)7-4-18/h3-14,16H,15,29H2,1-2H3,(H,32,37)(H,33,36). The molecule has 0 unspecified atom stereocenters. The molecule has 5 rings (SSSR count). The average Bonchev–Trinajstić information content (AvgIpc) is 3.58. The number of nitrogens with two attached hydrogens (primary N) is 1. The van der Waals surface area contributed by atoms with Crippen molar-refractivity contribution in [1.29, 1.82) is 0 Å². The lowest BCUT2D eigenvalue weighted by Gasteiger charge is -2.10. The molecule has 0 aliphatic rings.